The van der Waals surface area contributed by atoms with Gasteiger partial charge < -0.3 is 9.84 Å². The summed E-state index contributed by atoms with van der Waals surface area (Å²) in [5.41, 5.74) is 2.47. The smallest absolute Gasteiger partial charge is 0.0719 e. The van der Waals surface area contributed by atoms with Crippen LogP contribution in [0.4, 0.5) is 0 Å². The quantitative estimate of drug-likeness (QED) is 0.632. The largest absolute Gasteiger partial charge is 0.396 e. The highest BCUT2D eigenvalue weighted by Gasteiger charge is 2.05. The lowest BCUT2D eigenvalue weighted by molar-refractivity contribution is 0.135. The Morgan fingerprint density at radius 3 is 3.15 bits per heavy atom. The second kappa shape index (κ2) is 5.73. The van der Waals surface area contributed by atoms with Gasteiger partial charge in [0.2, 0.25) is 0 Å². The lowest BCUT2D eigenvalue weighted by Gasteiger charge is -2.04. The lowest BCUT2D eigenvalue weighted by atomic mass is 10.1. The number of aliphatic hydroxyl groups is 1. The van der Waals surface area contributed by atoms with Gasteiger partial charge in [0.15, 0.2) is 0 Å². The Labute approximate surface area is 79.2 Å². The summed E-state index contributed by atoms with van der Waals surface area (Å²) in [6.07, 6.45) is 7.76. The van der Waals surface area contributed by atoms with Gasteiger partial charge in [0, 0.05) is 13.2 Å². The number of allylic oxidation sites excluding steroid dienone is 3. The summed E-state index contributed by atoms with van der Waals surface area (Å²) >= 11 is 0. The van der Waals surface area contributed by atoms with Gasteiger partial charge in [-0.15, -0.1) is 0 Å². The van der Waals surface area contributed by atoms with Crippen LogP contribution < -0.4 is 0 Å². The fraction of sp³-hybridized carbons (Fsp3) is 0.455. The number of hydrogen-bond donors (Lipinski definition) is 1. The van der Waals surface area contributed by atoms with Crippen molar-refractivity contribution in [3.63, 3.8) is 0 Å². The second-order valence-electron chi connectivity index (χ2n) is 2.99. The normalized spacial score (nSPS) is 15.5. The van der Waals surface area contributed by atoms with E-state index in [4.69, 9.17) is 9.84 Å². The van der Waals surface area contributed by atoms with Crippen LogP contribution in [0.15, 0.2) is 36.0 Å². The maximum Gasteiger partial charge on any atom is 0.0719 e. The topological polar surface area (TPSA) is 29.5 Å². The van der Waals surface area contributed by atoms with Crippen LogP contribution >= 0.6 is 0 Å². The maximum atomic E-state index is 8.53. The van der Waals surface area contributed by atoms with Gasteiger partial charge in [-0.25, -0.2) is 0 Å². The summed E-state index contributed by atoms with van der Waals surface area (Å²) in [5, 5.41) is 8.53. The third kappa shape index (κ3) is 3.17. The van der Waals surface area contributed by atoms with Gasteiger partial charge in [0.1, 0.15) is 0 Å². The average molecular weight is 180 g/mol. The SMILES string of the molecule is C=CC1=C(COCCCO)C=CC1. The molecule has 0 atom stereocenters. The van der Waals surface area contributed by atoms with Crippen molar-refractivity contribution in [3.8, 4) is 0 Å². The van der Waals surface area contributed by atoms with Crippen LogP contribution in [0, 0.1) is 0 Å². The van der Waals surface area contributed by atoms with E-state index in [1.165, 1.54) is 11.1 Å². The number of hydrogen-bond acceptors (Lipinski definition) is 2. The molecule has 13 heavy (non-hydrogen) atoms. The molecule has 1 rings (SSSR count). The molecular formula is C11H16O2. The third-order valence-electron chi connectivity index (χ3n) is 2.02. The van der Waals surface area contributed by atoms with Crippen molar-refractivity contribution >= 4 is 0 Å². The lowest BCUT2D eigenvalue weighted by Crippen LogP contribution is -2.00. The van der Waals surface area contributed by atoms with Crippen molar-refractivity contribution in [3.05, 3.63) is 36.0 Å². The number of rotatable bonds is 6. The number of aliphatic hydroxyl groups excluding tert-OH is 1. The molecule has 2 heteroatoms. The molecule has 0 unspecified atom stereocenters. The van der Waals surface area contributed by atoms with Gasteiger partial charge in [0.25, 0.3) is 0 Å². The fourth-order valence-corrected chi connectivity index (χ4v) is 1.27. The zero-order valence-corrected chi connectivity index (χ0v) is 7.83. The van der Waals surface area contributed by atoms with Crippen molar-refractivity contribution < 1.29 is 9.84 Å². The van der Waals surface area contributed by atoms with E-state index < -0.39 is 0 Å². The molecule has 0 saturated carbocycles. The first-order valence-corrected chi connectivity index (χ1v) is 4.58. The molecule has 0 aromatic carbocycles. The highest BCUT2D eigenvalue weighted by atomic mass is 16.5. The van der Waals surface area contributed by atoms with E-state index in [9.17, 15) is 0 Å². The van der Waals surface area contributed by atoms with Crippen molar-refractivity contribution in [2.75, 3.05) is 19.8 Å². The molecular weight excluding hydrogens is 164 g/mol. The Kier molecular flexibility index (Phi) is 4.50. The minimum absolute atomic E-state index is 0.198. The summed E-state index contributed by atoms with van der Waals surface area (Å²) in [5.74, 6) is 0. The van der Waals surface area contributed by atoms with Crippen LogP contribution in [0.2, 0.25) is 0 Å². The van der Waals surface area contributed by atoms with Crippen molar-refractivity contribution in [2.24, 2.45) is 0 Å². The first kappa shape index (κ1) is 10.2. The van der Waals surface area contributed by atoms with E-state index in [-0.39, 0.29) is 6.61 Å². The second-order valence-corrected chi connectivity index (χ2v) is 2.99. The van der Waals surface area contributed by atoms with Gasteiger partial charge in [-0.1, -0.05) is 24.8 Å². The molecule has 0 aromatic rings. The van der Waals surface area contributed by atoms with Crippen LogP contribution in [-0.2, 0) is 4.74 Å². The van der Waals surface area contributed by atoms with E-state index in [2.05, 4.69) is 18.7 Å². The van der Waals surface area contributed by atoms with Crippen molar-refractivity contribution in [1.29, 1.82) is 0 Å². The Morgan fingerprint density at radius 1 is 1.62 bits per heavy atom. The highest BCUT2D eigenvalue weighted by molar-refractivity contribution is 5.39. The van der Waals surface area contributed by atoms with Crippen LogP contribution in [0.5, 0.6) is 0 Å². The molecule has 0 saturated heterocycles. The molecule has 1 aliphatic rings. The molecule has 0 radical (unpaired) electrons. The van der Waals surface area contributed by atoms with Crippen molar-refractivity contribution in [1.82, 2.24) is 0 Å². The average Bonchev–Trinajstić information content (AvgIpc) is 2.60. The van der Waals surface area contributed by atoms with E-state index in [0.29, 0.717) is 19.6 Å². The fourth-order valence-electron chi connectivity index (χ4n) is 1.27. The predicted octanol–water partition coefficient (Wildman–Crippen LogP) is 1.83. The molecule has 1 aliphatic carbocycles. The standard InChI is InChI=1S/C11H16O2/c1-2-10-5-3-6-11(10)9-13-8-4-7-12/h2-3,6,12H,1,4-5,7-9H2. The first-order valence-electron chi connectivity index (χ1n) is 4.58. The molecule has 0 heterocycles. The van der Waals surface area contributed by atoms with Crippen LogP contribution in [0.1, 0.15) is 12.8 Å². The van der Waals surface area contributed by atoms with E-state index in [0.717, 1.165) is 6.42 Å². The first-order chi connectivity index (χ1) is 6.38. The molecule has 0 spiro atoms. The minimum atomic E-state index is 0.198. The minimum Gasteiger partial charge on any atom is -0.396 e. The molecule has 0 bridgehead atoms. The van der Waals surface area contributed by atoms with E-state index in [1.807, 2.05) is 6.08 Å². The van der Waals surface area contributed by atoms with Gasteiger partial charge >= 0.3 is 0 Å². The van der Waals surface area contributed by atoms with Gasteiger partial charge in [-0.3, -0.25) is 0 Å². The van der Waals surface area contributed by atoms with Crippen molar-refractivity contribution in [2.45, 2.75) is 12.8 Å². The molecule has 1 N–H and O–H groups in total. The van der Waals surface area contributed by atoms with Crippen LogP contribution in [0.3, 0.4) is 0 Å². The zero-order valence-electron chi connectivity index (χ0n) is 7.83. The molecule has 2 nitrogen and oxygen atoms in total. The molecule has 0 aliphatic heterocycles. The Bertz CT molecular complexity index is 226. The van der Waals surface area contributed by atoms with E-state index in [1.54, 1.807) is 0 Å². The molecule has 72 valence electrons. The third-order valence-corrected chi connectivity index (χ3v) is 2.02. The summed E-state index contributed by atoms with van der Waals surface area (Å²) < 4.78 is 5.37. The Hall–Kier alpha value is -0.860. The molecule has 0 amide bonds. The zero-order chi connectivity index (χ0) is 9.52. The van der Waals surface area contributed by atoms with E-state index >= 15 is 0 Å². The van der Waals surface area contributed by atoms with Gasteiger partial charge in [-0.2, -0.15) is 0 Å². The molecule has 0 fully saturated rings. The Balaban J connectivity index is 2.27. The number of ether oxygens (including phenoxy) is 1. The predicted molar refractivity (Wildman–Crippen MR) is 53.5 cm³/mol. The summed E-state index contributed by atoms with van der Waals surface area (Å²) in [6, 6.07) is 0. The summed E-state index contributed by atoms with van der Waals surface area (Å²) in [6.45, 7) is 5.20. The Morgan fingerprint density at radius 2 is 2.46 bits per heavy atom. The van der Waals surface area contributed by atoms with Gasteiger partial charge in [-0.05, 0) is 24.0 Å². The summed E-state index contributed by atoms with van der Waals surface area (Å²) in [4.78, 5) is 0. The van der Waals surface area contributed by atoms with Crippen LogP contribution in [-0.4, -0.2) is 24.9 Å². The van der Waals surface area contributed by atoms with Gasteiger partial charge in [0.05, 0.1) is 6.61 Å². The molecule has 0 aromatic heterocycles. The highest BCUT2D eigenvalue weighted by Crippen LogP contribution is 2.19. The summed E-state index contributed by atoms with van der Waals surface area (Å²) in [7, 11) is 0. The van der Waals surface area contributed by atoms with Crippen LogP contribution in [0.25, 0.3) is 0 Å². The monoisotopic (exact) mass is 180 g/mol. The maximum absolute atomic E-state index is 8.53.